The maximum Gasteiger partial charge on any atom is 0.143 e. The number of rotatable bonds is 3. The van der Waals surface area contributed by atoms with Crippen LogP contribution in [0.4, 0.5) is 17.1 Å². The molecule has 0 atom stereocenters. The number of hydrogen-bond acceptors (Lipinski definition) is 3. The van der Waals surface area contributed by atoms with Crippen LogP contribution in [-0.4, -0.2) is 0 Å². The molecule has 0 aromatic heterocycles. The lowest BCUT2D eigenvalue weighted by Crippen LogP contribution is -2.17. The van der Waals surface area contributed by atoms with E-state index in [1.807, 2.05) is 11.8 Å². The first kappa shape index (κ1) is 28.7. The molecule has 0 saturated heterocycles. The van der Waals surface area contributed by atoms with Crippen LogP contribution >= 0.6 is 11.8 Å². The standard InChI is InChI=1S/C46H35NOS/c1-45(2)35-19-10-8-17-33(35)42-36(45)25-26-41-44(42)49-43-39(21-12-22-40(43)48-41)47(38-20-11-14-28-13-5-6-15-30(28)38)29-23-24-32-31-16-7-9-18-34(31)46(3,4)37(32)27-29/h5-27H,1-4H3. The van der Waals surface area contributed by atoms with Gasteiger partial charge in [0.25, 0.3) is 0 Å². The van der Waals surface area contributed by atoms with Crippen LogP contribution in [-0.2, 0) is 10.8 Å². The third kappa shape index (κ3) is 3.97. The summed E-state index contributed by atoms with van der Waals surface area (Å²) >= 11 is 1.85. The van der Waals surface area contributed by atoms with Crippen molar-refractivity contribution in [1.82, 2.24) is 0 Å². The zero-order chi connectivity index (χ0) is 33.1. The highest BCUT2D eigenvalue weighted by Crippen LogP contribution is 2.61. The lowest BCUT2D eigenvalue weighted by molar-refractivity contribution is 0.455. The minimum atomic E-state index is -0.111. The Balaban J connectivity index is 1.20. The minimum Gasteiger partial charge on any atom is -0.455 e. The second kappa shape index (κ2) is 10.1. The molecule has 3 aliphatic rings. The summed E-state index contributed by atoms with van der Waals surface area (Å²) in [4.78, 5) is 4.78. The first-order chi connectivity index (χ1) is 23.8. The summed E-state index contributed by atoms with van der Waals surface area (Å²) in [6.45, 7) is 9.39. The summed E-state index contributed by atoms with van der Waals surface area (Å²) < 4.78 is 6.84. The van der Waals surface area contributed by atoms with Gasteiger partial charge in [-0.3, -0.25) is 0 Å². The van der Waals surface area contributed by atoms with Crippen LogP contribution in [0.5, 0.6) is 11.5 Å². The second-order valence-corrected chi connectivity index (χ2v) is 15.5. The average molecular weight is 650 g/mol. The highest BCUT2D eigenvalue weighted by Gasteiger charge is 2.40. The van der Waals surface area contributed by atoms with Crippen molar-refractivity contribution >= 4 is 39.6 Å². The van der Waals surface area contributed by atoms with Gasteiger partial charge >= 0.3 is 0 Å². The minimum absolute atomic E-state index is 0.0783. The molecular formula is C46H35NOS. The van der Waals surface area contributed by atoms with E-state index in [4.69, 9.17) is 4.74 Å². The molecule has 0 saturated carbocycles. The molecule has 0 fully saturated rings. The van der Waals surface area contributed by atoms with E-state index >= 15 is 0 Å². The van der Waals surface area contributed by atoms with Crippen molar-refractivity contribution in [3.8, 4) is 33.8 Å². The predicted molar refractivity (Wildman–Crippen MR) is 204 cm³/mol. The van der Waals surface area contributed by atoms with Gasteiger partial charge in [0.05, 0.1) is 21.2 Å². The van der Waals surface area contributed by atoms with Gasteiger partial charge in [0.15, 0.2) is 0 Å². The van der Waals surface area contributed by atoms with Crippen molar-refractivity contribution < 1.29 is 4.74 Å². The first-order valence-corrected chi connectivity index (χ1v) is 17.9. The largest absolute Gasteiger partial charge is 0.455 e. The van der Waals surface area contributed by atoms with E-state index in [-0.39, 0.29) is 10.8 Å². The molecule has 0 bridgehead atoms. The van der Waals surface area contributed by atoms with Crippen molar-refractivity contribution in [2.75, 3.05) is 4.90 Å². The molecule has 2 nitrogen and oxygen atoms in total. The van der Waals surface area contributed by atoms with Gasteiger partial charge in [-0.05, 0) is 80.7 Å². The van der Waals surface area contributed by atoms with E-state index in [2.05, 4.69) is 172 Å². The van der Waals surface area contributed by atoms with Crippen LogP contribution in [0, 0.1) is 0 Å². The van der Waals surface area contributed by atoms with E-state index in [0.717, 1.165) is 33.5 Å². The number of fused-ring (bicyclic) bond motifs is 10. The summed E-state index contributed by atoms with van der Waals surface area (Å²) in [5.74, 6) is 1.81. The Morgan fingerprint density at radius 2 is 1.12 bits per heavy atom. The molecule has 10 rings (SSSR count). The van der Waals surface area contributed by atoms with Crippen LogP contribution in [0.2, 0.25) is 0 Å². The van der Waals surface area contributed by atoms with E-state index in [0.29, 0.717) is 0 Å². The van der Waals surface area contributed by atoms with Gasteiger partial charge in [-0.15, -0.1) is 0 Å². The third-order valence-corrected chi connectivity index (χ3v) is 12.3. The fourth-order valence-corrected chi connectivity index (χ4v) is 9.86. The van der Waals surface area contributed by atoms with Crippen LogP contribution in [0.1, 0.15) is 49.9 Å². The fraction of sp³-hybridized carbons (Fsp3) is 0.130. The Morgan fingerprint density at radius 1 is 0.490 bits per heavy atom. The Bertz CT molecular complexity index is 2520. The maximum absolute atomic E-state index is 6.84. The molecule has 0 amide bonds. The molecule has 1 aliphatic heterocycles. The number of hydrogen-bond donors (Lipinski definition) is 0. The quantitative estimate of drug-likeness (QED) is 0.189. The topological polar surface area (TPSA) is 12.5 Å². The molecule has 2 aliphatic carbocycles. The van der Waals surface area contributed by atoms with Gasteiger partial charge in [-0.1, -0.05) is 143 Å². The van der Waals surface area contributed by atoms with E-state index in [1.165, 1.54) is 60.2 Å². The van der Waals surface area contributed by atoms with E-state index in [1.54, 1.807) is 0 Å². The number of ether oxygens (including phenoxy) is 1. The molecule has 0 spiro atoms. The summed E-state index contributed by atoms with van der Waals surface area (Å²) in [5.41, 5.74) is 13.9. The summed E-state index contributed by atoms with van der Waals surface area (Å²) in [7, 11) is 0. The monoisotopic (exact) mass is 649 g/mol. The Morgan fingerprint density at radius 3 is 1.98 bits per heavy atom. The summed E-state index contributed by atoms with van der Waals surface area (Å²) in [6, 6.07) is 51.1. The Hall–Kier alpha value is -5.25. The molecule has 236 valence electrons. The number of benzene rings is 7. The molecule has 0 unspecified atom stereocenters. The number of nitrogens with zero attached hydrogens (tertiary/aromatic N) is 1. The molecule has 3 heteroatoms. The van der Waals surface area contributed by atoms with Crippen LogP contribution < -0.4 is 9.64 Å². The van der Waals surface area contributed by atoms with Gasteiger partial charge in [0.1, 0.15) is 11.5 Å². The molecule has 49 heavy (non-hydrogen) atoms. The van der Waals surface area contributed by atoms with Gasteiger partial charge in [0, 0.05) is 27.5 Å². The fourth-order valence-electron chi connectivity index (χ4n) is 8.65. The first-order valence-electron chi connectivity index (χ1n) is 17.1. The summed E-state index contributed by atoms with van der Waals surface area (Å²) in [5, 5.41) is 2.43. The molecule has 0 N–H and O–H groups in total. The Labute approximate surface area is 292 Å². The predicted octanol–water partition coefficient (Wildman–Crippen LogP) is 13.2. The van der Waals surface area contributed by atoms with Crippen molar-refractivity contribution in [2.24, 2.45) is 0 Å². The Kier molecular flexibility index (Phi) is 5.94. The van der Waals surface area contributed by atoms with E-state index in [9.17, 15) is 0 Å². The lowest BCUT2D eigenvalue weighted by Gasteiger charge is -2.32. The number of anilines is 3. The normalized spacial score (nSPS) is 15.3. The smallest absolute Gasteiger partial charge is 0.143 e. The van der Waals surface area contributed by atoms with Crippen molar-refractivity contribution in [1.29, 1.82) is 0 Å². The van der Waals surface area contributed by atoms with Gasteiger partial charge < -0.3 is 9.64 Å². The van der Waals surface area contributed by atoms with Crippen molar-refractivity contribution in [3.63, 3.8) is 0 Å². The SMILES string of the molecule is CC1(C)c2ccccc2-c2ccc(N(c3cccc4c3Sc3c(ccc5c3-c3ccccc3C5(C)C)O4)c3cccc4ccccc34)cc21. The van der Waals surface area contributed by atoms with Crippen molar-refractivity contribution in [2.45, 2.75) is 48.3 Å². The molecule has 0 radical (unpaired) electrons. The van der Waals surface area contributed by atoms with Gasteiger partial charge in [0.2, 0.25) is 0 Å². The van der Waals surface area contributed by atoms with Crippen LogP contribution in [0.25, 0.3) is 33.0 Å². The van der Waals surface area contributed by atoms with Crippen molar-refractivity contribution in [3.05, 3.63) is 162 Å². The van der Waals surface area contributed by atoms with Crippen LogP contribution in [0.15, 0.2) is 149 Å². The zero-order valence-electron chi connectivity index (χ0n) is 28.0. The van der Waals surface area contributed by atoms with Crippen LogP contribution in [0.3, 0.4) is 0 Å². The highest BCUT2D eigenvalue weighted by molar-refractivity contribution is 8.00. The molecular weight excluding hydrogens is 615 g/mol. The molecule has 1 heterocycles. The molecule has 7 aromatic carbocycles. The lowest BCUT2D eigenvalue weighted by atomic mass is 9.82. The maximum atomic E-state index is 6.84. The zero-order valence-corrected chi connectivity index (χ0v) is 28.9. The average Bonchev–Trinajstić information content (AvgIpc) is 3.51. The molecule has 7 aromatic rings. The second-order valence-electron chi connectivity index (χ2n) is 14.5. The summed E-state index contributed by atoms with van der Waals surface area (Å²) in [6.07, 6.45) is 0. The highest BCUT2D eigenvalue weighted by atomic mass is 32.2. The van der Waals surface area contributed by atoms with Gasteiger partial charge in [-0.25, -0.2) is 0 Å². The van der Waals surface area contributed by atoms with E-state index < -0.39 is 0 Å². The third-order valence-electron chi connectivity index (χ3n) is 11.1. The van der Waals surface area contributed by atoms with Gasteiger partial charge in [-0.2, -0.15) is 0 Å².